The summed E-state index contributed by atoms with van der Waals surface area (Å²) in [5.41, 5.74) is 1.05. The van der Waals surface area contributed by atoms with Crippen molar-refractivity contribution in [3.8, 4) is 0 Å². The molecule has 0 aliphatic heterocycles. The van der Waals surface area contributed by atoms with Gasteiger partial charge in [-0.3, -0.25) is 9.59 Å². The first-order valence-corrected chi connectivity index (χ1v) is 9.22. The van der Waals surface area contributed by atoms with Crippen LogP contribution >= 0.6 is 15.9 Å². The van der Waals surface area contributed by atoms with Crippen molar-refractivity contribution in [2.45, 2.75) is 6.54 Å². The zero-order chi connectivity index (χ0) is 19.8. The van der Waals surface area contributed by atoms with Crippen LogP contribution in [0.15, 0.2) is 92.2 Å². The molecular weight excluding hydrogens is 424 g/mol. The van der Waals surface area contributed by atoms with E-state index in [2.05, 4.69) is 26.6 Å². The minimum atomic E-state index is -0.529. The maximum atomic E-state index is 12.5. The van der Waals surface area contributed by atoms with Gasteiger partial charge in [0.05, 0.1) is 12.8 Å². The van der Waals surface area contributed by atoms with E-state index in [0.717, 1.165) is 5.56 Å². The van der Waals surface area contributed by atoms with E-state index in [1.54, 1.807) is 24.3 Å². The average Bonchev–Trinajstić information content (AvgIpc) is 3.38. The molecule has 2 aromatic heterocycles. The fourth-order valence-corrected chi connectivity index (χ4v) is 2.60. The van der Waals surface area contributed by atoms with Crippen LogP contribution in [-0.4, -0.2) is 11.8 Å². The molecule has 7 heteroatoms. The van der Waals surface area contributed by atoms with Gasteiger partial charge in [0.15, 0.2) is 10.4 Å². The molecule has 0 aliphatic rings. The first kappa shape index (κ1) is 19.4. The van der Waals surface area contributed by atoms with Crippen LogP contribution in [0.4, 0.5) is 0 Å². The smallest absolute Gasteiger partial charge is 0.291 e. The summed E-state index contributed by atoms with van der Waals surface area (Å²) < 4.78 is 10.9. The Morgan fingerprint density at radius 3 is 2.54 bits per heavy atom. The van der Waals surface area contributed by atoms with Gasteiger partial charge in [-0.1, -0.05) is 42.5 Å². The number of allylic oxidation sites excluding steroid dienone is 2. The van der Waals surface area contributed by atoms with E-state index >= 15 is 0 Å². The molecule has 6 nitrogen and oxygen atoms in total. The van der Waals surface area contributed by atoms with Crippen LogP contribution in [0, 0.1) is 0 Å². The molecule has 1 aromatic carbocycles. The second-order valence-electron chi connectivity index (χ2n) is 5.67. The van der Waals surface area contributed by atoms with E-state index in [1.807, 2.05) is 36.4 Å². The fourth-order valence-electron chi connectivity index (χ4n) is 2.29. The van der Waals surface area contributed by atoms with Crippen molar-refractivity contribution < 1.29 is 18.4 Å². The molecule has 3 aromatic rings. The maximum absolute atomic E-state index is 12.5. The number of hydrogen-bond donors (Lipinski definition) is 2. The number of carbonyl (C=O) groups is 2. The minimum absolute atomic E-state index is 0.0799. The predicted octanol–water partition coefficient (Wildman–Crippen LogP) is 4.28. The van der Waals surface area contributed by atoms with Crippen LogP contribution < -0.4 is 10.6 Å². The van der Waals surface area contributed by atoms with Crippen LogP contribution in [0.1, 0.15) is 21.9 Å². The molecule has 0 radical (unpaired) electrons. The highest BCUT2D eigenvalue weighted by atomic mass is 79.9. The molecule has 2 N–H and O–H groups in total. The molecule has 28 heavy (non-hydrogen) atoms. The van der Waals surface area contributed by atoms with E-state index < -0.39 is 11.8 Å². The summed E-state index contributed by atoms with van der Waals surface area (Å²) in [6, 6.07) is 16.2. The number of halogens is 1. The predicted molar refractivity (Wildman–Crippen MR) is 108 cm³/mol. The van der Waals surface area contributed by atoms with Crippen molar-refractivity contribution >= 4 is 33.8 Å². The third-order valence-corrected chi connectivity index (χ3v) is 4.07. The highest BCUT2D eigenvalue weighted by Crippen LogP contribution is 2.14. The molecule has 0 saturated carbocycles. The highest BCUT2D eigenvalue weighted by molar-refractivity contribution is 9.10. The van der Waals surface area contributed by atoms with Crippen LogP contribution in [-0.2, 0) is 11.3 Å². The zero-order valence-corrected chi connectivity index (χ0v) is 16.3. The third-order valence-electron chi connectivity index (χ3n) is 3.64. The summed E-state index contributed by atoms with van der Waals surface area (Å²) in [7, 11) is 0. The fraction of sp³-hybridized carbons (Fsp3) is 0.0476. The lowest BCUT2D eigenvalue weighted by Crippen LogP contribution is -2.34. The molecule has 2 heterocycles. The number of carbonyl (C=O) groups excluding carboxylic acids is 2. The molecule has 0 unspecified atom stereocenters. The number of hydrogen-bond acceptors (Lipinski definition) is 4. The van der Waals surface area contributed by atoms with Crippen molar-refractivity contribution in [1.29, 1.82) is 0 Å². The number of amides is 2. The molecule has 0 saturated heterocycles. The highest BCUT2D eigenvalue weighted by Gasteiger charge is 2.16. The SMILES string of the molecule is O=C(NCc1ccco1)C(=CC=Cc1ccccc1)NC(=O)c1ccc(Br)o1. The molecule has 0 fully saturated rings. The Kier molecular flexibility index (Phi) is 6.64. The Balaban J connectivity index is 1.73. The quantitative estimate of drug-likeness (QED) is 0.424. The van der Waals surface area contributed by atoms with E-state index in [1.165, 1.54) is 18.4 Å². The number of furan rings is 2. The van der Waals surface area contributed by atoms with E-state index in [-0.39, 0.29) is 18.0 Å². The Morgan fingerprint density at radius 1 is 1.04 bits per heavy atom. The second-order valence-corrected chi connectivity index (χ2v) is 6.45. The second kappa shape index (κ2) is 9.57. The molecule has 0 aliphatic carbocycles. The Hall–Kier alpha value is -3.32. The summed E-state index contributed by atoms with van der Waals surface area (Å²) in [5.74, 6) is -0.288. The molecule has 142 valence electrons. The Morgan fingerprint density at radius 2 is 1.86 bits per heavy atom. The van der Waals surface area contributed by atoms with Gasteiger partial charge in [0, 0.05) is 0 Å². The minimum Gasteiger partial charge on any atom is -0.467 e. The first-order valence-electron chi connectivity index (χ1n) is 8.42. The first-order chi connectivity index (χ1) is 13.6. The molecule has 3 rings (SSSR count). The lowest BCUT2D eigenvalue weighted by Gasteiger charge is -2.08. The van der Waals surface area contributed by atoms with Gasteiger partial charge >= 0.3 is 0 Å². The summed E-state index contributed by atoms with van der Waals surface area (Å²) in [6.45, 7) is 0.202. The van der Waals surface area contributed by atoms with Crippen molar-refractivity contribution in [2.75, 3.05) is 0 Å². The van der Waals surface area contributed by atoms with E-state index in [0.29, 0.717) is 10.4 Å². The molecular formula is C21H17BrN2O4. The van der Waals surface area contributed by atoms with Crippen LogP contribution in [0.3, 0.4) is 0 Å². The topological polar surface area (TPSA) is 84.5 Å². The maximum Gasteiger partial charge on any atom is 0.291 e. The van der Waals surface area contributed by atoms with Gasteiger partial charge in [0.1, 0.15) is 11.5 Å². The number of rotatable bonds is 7. The van der Waals surface area contributed by atoms with Gasteiger partial charge in [0.25, 0.3) is 11.8 Å². The lowest BCUT2D eigenvalue weighted by atomic mass is 10.2. The third kappa shape index (κ3) is 5.59. The van der Waals surface area contributed by atoms with Gasteiger partial charge < -0.3 is 19.5 Å². The monoisotopic (exact) mass is 440 g/mol. The summed E-state index contributed by atoms with van der Waals surface area (Å²) in [5, 5.41) is 5.28. The van der Waals surface area contributed by atoms with Gasteiger partial charge in [-0.2, -0.15) is 0 Å². The zero-order valence-electron chi connectivity index (χ0n) is 14.7. The molecule has 0 atom stereocenters. The standard InChI is InChI=1S/C21H17BrN2O4/c22-19-12-11-18(28-19)21(26)24-17(10-4-8-15-6-2-1-3-7-15)20(25)23-14-16-9-5-13-27-16/h1-13H,14H2,(H,23,25)(H,24,26). The number of nitrogens with one attached hydrogen (secondary N) is 2. The summed E-state index contributed by atoms with van der Waals surface area (Å²) in [4.78, 5) is 24.9. The van der Waals surface area contributed by atoms with Crippen molar-refractivity contribution in [1.82, 2.24) is 10.6 Å². The summed E-state index contributed by atoms with van der Waals surface area (Å²) in [6.07, 6.45) is 6.57. The summed E-state index contributed by atoms with van der Waals surface area (Å²) >= 11 is 3.15. The van der Waals surface area contributed by atoms with Crippen LogP contribution in [0.5, 0.6) is 0 Å². The largest absolute Gasteiger partial charge is 0.467 e. The average molecular weight is 441 g/mol. The van der Waals surface area contributed by atoms with Gasteiger partial charge in [0.2, 0.25) is 0 Å². The Labute approximate surface area is 170 Å². The molecule has 2 amide bonds. The van der Waals surface area contributed by atoms with E-state index in [9.17, 15) is 9.59 Å². The van der Waals surface area contributed by atoms with Crippen LogP contribution in [0.2, 0.25) is 0 Å². The number of benzene rings is 1. The van der Waals surface area contributed by atoms with Gasteiger partial charge in [-0.25, -0.2) is 0 Å². The van der Waals surface area contributed by atoms with Gasteiger partial charge in [-0.05, 0) is 51.8 Å². The van der Waals surface area contributed by atoms with E-state index in [4.69, 9.17) is 8.83 Å². The molecule has 0 bridgehead atoms. The van der Waals surface area contributed by atoms with Crippen molar-refractivity contribution in [3.63, 3.8) is 0 Å². The van der Waals surface area contributed by atoms with Gasteiger partial charge in [-0.15, -0.1) is 0 Å². The van der Waals surface area contributed by atoms with Crippen molar-refractivity contribution in [2.24, 2.45) is 0 Å². The van der Waals surface area contributed by atoms with Crippen molar-refractivity contribution in [3.05, 3.63) is 100 Å². The molecule has 0 spiro atoms. The normalized spacial score (nSPS) is 11.5. The Bertz CT molecular complexity index is 989. The van der Waals surface area contributed by atoms with Crippen LogP contribution in [0.25, 0.3) is 6.08 Å². The lowest BCUT2D eigenvalue weighted by molar-refractivity contribution is -0.118.